The van der Waals surface area contributed by atoms with E-state index in [9.17, 15) is 9.90 Å². The van der Waals surface area contributed by atoms with Gasteiger partial charge in [0.15, 0.2) is 0 Å². The number of hydrogen-bond acceptors (Lipinski definition) is 3. The Hall–Kier alpha value is -1.65. The smallest absolute Gasteiger partial charge is 0.223 e. The summed E-state index contributed by atoms with van der Waals surface area (Å²) in [5.74, 6) is 0.0559. The van der Waals surface area contributed by atoms with Gasteiger partial charge in [-0.1, -0.05) is 18.2 Å². The van der Waals surface area contributed by atoms with Crippen LogP contribution in [0.4, 0.5) is 5.69 Å². The van der Waals surface area contributed by atoms with Gasteiger partial charge in [0.25, 0.3) is 0 Å². The molecule has 1 amide bonds. The summed E-state index contributed by atoms with van der Waals surface area (Å²) < 4.78 is 0. The maximum absolute atomic E-state index is 11.8. The van der Waals surface area contributed by atoms with Crippen molar-refractivity contribution in [3.8, 4) is 0 Å². The number of carbonyl (C=O) groups excluding carboxylic acids is 1. The molecule has 0 aliphatic carbocycles. The van der Waals surface area contributed by atoms with Crippen molar-refractivity contribution in [3.05, 3.63) is 42.0 Å². The van der Waals surface area contributed by atoms with Crippen LogP contribution in [0.5, 0.6) is 0 Å². The summed E-state index contributed by atoms with van der Waals surface area (Å²) in [4.78, 5) is 13.6. The van der Waals surface area contributed by atoms with E-state index in [1.54, 1.807) is 17.9 Å². The highest BCUT2D eigenvalue weighted by atomic mass is 16.3. The predicted octanol–water partition coefficient (Wildman–Crippen LogP) is 2.18. The molecule has 114 valence electrons. The molecule has 2 rings (SSSR count). The quantitative estimate of drug-likeness (QED) is 0.817. The molecule has 0 spiro atoms. The lowest BCUT2D eigenvalue weighted by atomic mass is 9.95. The Labute approximate surface area is 126 Å². The Morgan fingerprint density at radius 3 is 3.00 bits per heavy atom. The number of nitrogens with zero attached hydrogens (tertiary/aromatic N) is 1. The maximum atomic E-state index is 11.8. The summed E-state index contributed by atoms with van der Waals surface area (Å²) >= 11 is 0. The van der Waals surface area contributed by atoms with Crippen LogP contribution in [-0.4, -0.2) is 30.1 Å². The van der Waals surface area contributed by atoms with E-state index in [1.807, 2.05) is 25.1 Å². The van der Waals surface area contributed by atoms with Crippen LogP contribution in [0.15, 0.2) is 30.9 Å². The fraction of sp³-hybridized carbons (Fsp3) is 0.471. The topological polar surface area (TPSA) is 52.6 Å². The Kier molecular flexibility index (Phi) is 5.15. The van der Waals surface area contributed by atoms with Crippen LogP contribution < -0.4 is 10.2 Å². The lowest BCUT2D eigenvalue weighted by Crippen LogP contribution is -2.34. The van der Waals surface area contributed by atoms with Crippen molar-refractivity contribution in [3.63, 3.8) is 0 Å². The average molecular weight is 288 g/mol. The van der Waals surface area contributed by atoms with Gasteiger partial charge in [0.2, 0.25) is 5.91 Å². The van der Waals surface area contributed by atoms with Crippen LogP contribution in [0.25, 0.3) is 0 Å². The van der Waals surface area contributed by atoms with Gasteiger partial charge in [-0.2, -0.15) is 0 Å². The fourth-order valence-electron chi connectivity index (χ4n) is 2.77. The Bertz CT molecular complexity index is 528. The standard InChI is InChI=1S/C17H24N2O2/c1-4-9-18-12(2)17(21)15-8-7-14-6-5-10-19(13(3)20)16(14)11-15/h4,7-8,11-12,17-18,21H,1,5-6,9-10H2,2-3H3. The minimum absolute atomic E-state index is 0.0559. The van der Waals surface area contributed by atoms with Gasteiger partial charge in [0.1, 0.15) is 0 Å². The zero-order chi connectivity index (χ0) is 15.4. The molecule has 1 heterocycles. The van der Waals surface area contributed by atoms with Gasteiger partial charge in [-0.3, -0.25) is 4.79 Å². The third kappa shape index (κ3) is 3.52. The van der Waals surface area contributed by atoms with Crippen molar-refractivity contribution in [2.24, 2.45) is 0 Å². The first-order valence-corrected chi connectivity index (χ1v) is 7.48. The number of fused-ring (bicyclic) bond motifs is 1. The van der Waals surface area contributed by atoms with E-state index < -0.39 is 6.10 Å². The fourth-order valence-corrected chi connectivity index (χ4v) is 2.77. The molecule has 4 heteroatoms. The first-order valence-electron chi connectivity index (χ1n) is 7.48. The molecule has 0 bridgehead atoms. The summed E-state index contributed by atoms with van der Waals surface area (Å²) in [5.41, 5.74) is 2.96. The number of nitrogens with one attached hydrogen (secondary N) is 1. The Morgan fingerprint density at radius 1 is 1.57 bits per heavy atom. The molecule has 2 unspecified atom stereocenters. The van der Waals surface area contributed by atoms with Crippen molar-refractivity contribution in [1.29, 1.82) is 0 Å². The normalized spacial score (nSPS) is 17.0. The van der Waals surface area contributed by atoms with Crippen molar-refractivity contribution in [2.75, 3.05) is 18.0 Å². The number of aryl methyl sites for hydroxylation is 1. The van der Waals surface area contributed by atoms with Crippen molar-refractivity contribution < 1.29 is 9.90 Å². The van der Waals surface area contributed by atoms with E-state index in [0.29, 0.717) is 6.54 Å². The van der Waals surface area contributed by atoms with Gasteiger partial charge >= 0.3 is 0 Å². The molecule has 1 aliphatic heterocycles. The molecule has 2 N–H and O–H groups in total. The molecule has 1 aromatic rings. The summed E-state index contributed by atoms with van der Waals surface area (Å²) in [6.07, 6.45) is 3.14. The third-order valence-electron chi connectivity index (χ3n) is 4.01. The van der Waals surface area contributed by atoms with E-state index in [0.717, 1.165) is 30.6 Å². The highest BCUT2D eigenvalue weighted by Crippen LogP contribution is 2.31. The molecule has 1 aromatic carbocycles. The summed E-state index contributed by atoms with van der Waals surface area (Å²) in [7, 11) is 0. The largest absolute Gasteiger partial charge is 0.387 e. The van der Waals surface area contributed by atoms with E-state index in [4.69, 9.17) is 0 Å². The minimum atomic E-state index is -0.606. The van der Waals surface area contributed by atoms with Gasteiger partial charge < -0.3 is 15.3 Å². The monoisotopic (exact) mass is 288 g/mol. The highest BCUT2D eigenvalue weighted by Gasteiger charge is 2.23. The summed E-state index contributed by atoms with van der Waals surface area (Å²) in [5, 5.41) is 13.6. The zero-order valence-electron chi connectivity index (χ0n) is 12.8. The maximum Gasteiger partial charge on any atom is 0.223 e. The summed E-state index contributed by atoms with van der Waals surface area (Å²) in [6, 6.07) is 5.87. The van der Waals surface area contributed by atoms with Gasteiger partial charge in [-0.25, -0.2) is 0 Å². The van der Waals surface area contributed by atoms with Crippen molar-refractivity contribution >= 4 is 11.6 Å². The van der Waals surface area contributed by atoms with Crippen LogP contribution in [0.1, 0.15) is 37.5 Å². The van der Waals surface area contributed by atoms with E-state index in [1.165, 1.54) is 5.56 Å². The number of benzene rings is 1. The number of anilines is 1. The zero-order valence-corrected chi connectivity index (χ0v) is 12.8. The molecule has 2 atom stereocenters. The lowest BCUT2D eigenvalue weighted by molar-refractivity contribution is -0.116. The second-order valence-corrected chi connectivity index (χ2v) is 5.59. The Morgan fingerprint density at radius 2 is 2.33 bits per heavy atom. The van der Waals surface area contributed by atoms with Gasteiger partial charge in [0.05, 0.1) is 6.10 Å². The molecule has 0 fully saturated rings. The number of carbonyl (C=O) groups is 1. The van der Waals surface area contributed by atoms with Crippen LogP contribution in [-0.2, 0) is 11.2 Å². The van der Waals surface area contributed by atoms with Gasteiger partial charge in [0, 0.05) is 31.7 Å². The molecule has 0 saturated carbocycles. The number of hydrogen-bond donors (Lipinski definition) is 2. The number of rotatable bonds is 5. The highest BCUT2D eigenvalue weighted by molar-refractivity contribution is 5.92. The van der Waals surface area contributed by atoms with Crippen LogP contribution >= 0.6 is 0 Å². The van der Waals surface area contributed by atoms with E-state index in [2.05, 4.69) is 11.9 Å². The number of amides is 1. The molecule has 1 aliphatic rings. The SMILES string of the molecule is C=CCNC(C)C(O)c1ccc2c(c1)N(C(C)=O)CCC2. The van der Waals surface area contributed by atoms with Gasteiger partial charge in [-0.05, 0) is 37.0 Å². The minimum Gasteiger partial charge on any atom is -0.387 e. The van der Waals surface area contributed by atoms with Gasteiger partial charge in [-0.15, -0.1) is 6.58 Å². The Balaban J connectivity index is 2.24. The third-order valence-corrected chi connectivity index (χ3v) is 4.01. The molecular formula is C17H24N2O2. The second-order valence-electron chi connectivity index (χ2n) is 5.59. The van der Waals surface area contributed by atoms with Crippen molar-refractivity contribution in [2.45, 2.75) is 38.8 Å². The molecule has 0 aromatic heterocycles. The molecule has 21 heavy (non-hydrogen) atoms. The second kappa shape index (κ2) is 6.87. The van der Waals surface area contributed by atoms with Crippen molar-refractivity contribution in [1.82, 2.24) is 5.32 Å². The van der Waals surface area contributed by atoms with E-state index >= 15 is 0 Å². The molecule has 4 nitrogen and oxygen atoms in total. The number of aliphatic hydroxyl groups excluding tert-OH is 1. The van der Waals surface area contributed by atoms with Crippen LogP contribution in [0.2, 0.25) is 0 Å². The predicted molar refractivity (Wildman–Crippen MR) is 85.4 cm³/mol. The summed E-state index contributed by atoms with van der Waals surface area (Å²) in [6.45, 7) is 8.61. The van der Waals surface area contributed by atoms with Crippen LogP contribution in [0.3, 0.4) is 0 Å². The first kappa shape index (κ1) is 15.7. The first-order chi connectivity index (χ1) is 10.0. The average Bonchev–Trinajstić information content (AvgIpc) is 2.50. The van der Waals surface area contributed by atoms with Crippen LogP contribution in [0, 0.1) is 0 Å². The van der Waals surface area contributed by atoms with E-state index in [-0.39, 0.29) is 11.9 Å². The molecule has 0 radical (unpaired) electrons. The molecular weight excluding hydrogens is 264 g/mol. The lowest BCUT2D eigenvalue weighted by Gasteiger charge is -2.30. The molecule has 0 saturated heterocycles. The number of aliphatic hydroxyl groups is 1.